The number of aliphatic hydroxyl groups excluding tert-OH is 1. The van der Waals surface area contributed by atoms with Crippen LogP contribution < -0.4 is 16.9 Å². The summed E-state index contributed by atoms with van der Waals surface area (Å²) >= 11 is 0. The van der Waals surface area contributed by atoms with Crippen molar-refractivity contribution < 1.29 is 10.5 Å². The number of aliphatic hydroxyl groups is 1. The maximum atomic E-state index is 9.51. The van der Waals surface area contributed by atoms with Crippen molar-refractivity contribution in [2.45, 2.75) is 6.23 Å². The SMILES string of the molecule is Nc1cnc(-c2cccnc2)cc1C(=[NH2+])c1cc(C(N)O)ccn1. The fourth-order valence-corrected chi connectivity index (χ4v) is 2.29. The standard InChI is InChI=1S/C17H16N6O/c18-13-9-23-14(11-2-1-4-21-8-11)7-12(13)16(19)15-6-10(17(20)24)3-5-22-15/h1-9,17,19,24H,18,20H2/p+1. The Morgan fingerprint density at radius 3 is 2.67 bits per heavy atom. The Balaban J connectivity index is 2.02. The molecule has 7 N–H and O–H groups in total. The van der Waals surface area contributed by atoms with Gasteiger partial charge in [0.2, 0.25) is 5.71 Å². The van der Waals surface area contributed by atoms with Gasteiger partial charge in [-0.15, -0.1) is 0 Å². The van der Waals surface area contributed by atoms with Gasteiger partial charge in [0.05, 0.1) is 23.1 Å². The normalized spacial score (nSPS) is 11.9. The highest BCUT2D eigenvalue weighted by atomic mass is 16.3. The molecule has 3 aromatic rings. The number of nitrogens with two attached hydrogens (primary N) is 3. The minimum Gasteiger partial charge on any atom is -0.397 e. The van der Waals surface area contributed by atoms with Crippen LogP contribution in [0.1, 0.15) is 23.0 Å². The maximum absolute atomic E-state index is 9.51. The van der Waals surface area contributed by atoms with Gasteiger partial charge in [-0.2, -0.15) is 0 Å². The van der Waals surface area contributed by atoms with Crippen LogP contribution in [0, 0.1) is 0 Å². The number of hydrogen-bond acceptors (Lipinski definition) is 6. The first-order valence-corrected chi connectivity index (χ1v) is 7.25. The quantitative estimate of drug-likeness (QED) is 0.383. The van der Waals surface area contributed by atoms with Crippen molar-refractivity contribution in [1.82, 2.24) is 15.0 Å². The summed E-state index contributed by atoms with van der Waals surface area (Å²) in [6.07, 6.45) is 5.39. The second-order valence-corrected chi connectivity index (χ2v) is 5.23. The van der Waals surface area contributed by atoms with Gasteiger partial charge in [0.25, 0.3) is 0 Å². The molecular formula is C17H17N6O+. The van der Waals surface area contributed by atoms with Crippen molar-refractivity contribution in [3.8, 4) is 11.3 Å². The summed E-state index contributed by atoms with van der Waals surface area (Å²) in [5, 5.41) is 15.7. The Bertz CT molecular complexity index is 879. The molecule has 0 saturated heterocycles. The molecule has 3 aromatic heterocycles. The molecule has 0 aliphatic carbocycles. The fraction of sp³-hybridized carbons (Fsp3) is 0.0588. The average Bonchev–Trinajstić information content (AvgIpc) is 2.62. The Morgan fingerprint density at radius 1 is 1.12 bits per heavy atom. The molecule has 3 heterocycles. The molecule has 1 unspecified atom stereocenters. The molecule has 0 spiro atoms. The number of anilines is 1. The number of nitrogen functional groups attached to an aromatic ring is 1. The van der Waals surface area contributed by atoms with Gasteiger partial charge in [-0.3, -0.25) is 15.4 Å². The summed E-state index contributed by atoms with van der Waals surface area (Å²) in [6, 6.07) is 8.76. The van der Waals surface area contributed by atoms with E-state index in [9.17, 15) is 5.11 Å². The van der Waals surface area contributed by atoms with E-state index in [1.165, 1.54) is 6.20 Å². The molecule has 0 radical (unpaired) electrons. The molecule has 7 heteroatoms. The third-order valence-electron chi connectivity index (χ3n) is 3.58. The van der Waals surface area contributed by atoms with Crippen molar-refractivity contribution in [3.63, 3.8) is 0 Å². The minimum absolute atomic E-state index is 0.377. The lowest BCUT2D eigenvalue weighted by atomic mass is 10.0. The third kappa shape index (κ3) is 3.12. The molecule has 24 heavy (non-hydrogen) atoms. The molecule has 0 saturated carbocycles. The van der Waals surface area contributed by atoms with E-state index in [-0.39, 0.29) is 0 Å². The van der Waals surface area contributed by atoms with Crippen molar-refractivity contribution in [2.24, 2.45) is 5.73 Å². The van der Waals surface area contributed by atoms with Crippen LogP contribution in [0.25, 0.3) is 11.3 Å². The smallest absolute Gasteiger partial charge is 0.232 e. The fourth-order valence-electron chi connectivity index (χ4n) is 2.29. The summed E-state index contributed by atoms with van der Waals surface area (Å²) in [4.78, 5) is 12.6. The number of aromatic nitrogens is 3. The number of pyridine rings is 3. The summed E-state index contributed by atoms with van der Waals surface area (Å²) in [5.74, 6) is 0. The van der Waals surface area contributed by atoms with E-state index < -0.39 is 6.23 Å². The minimum atomic E-state index is -1.10. The number of hydrogen-bond donors (Lipinski definition) is 4. The van der Waals surface area contributed by atoms with E-state index in [1.54, 1.807) is 36.8 Å². The zero-order valence-corrected chi connectivity index (χ0v) is 12.8. The van der Waals surface area contributed by atoms with Gasteiger partial charge in [0.15, 0.2) is 0 Å². The largest absolute Gasteiger partial charge is 0.397 e. The lowest BCUT2D eigenvalue weighted by Gasteiger charge is -2.08. The van der Waals surface area contributed by atoms with Crippen LogP contribution in [-0.2, 0) is 0 Å². The molecule has 0 aliphatic rings. The van der Waals surface area contributed by atoms with Gasteiger partial charge < -0.3 is 16.6 Å². The molecule has 0 aromatic carbocycles. The van der Waals surface area contributed by atoms with Crippen molar-refractivity contribution >= 4 is 11.4 Å². The van der Waals surface area contributed by atoms with Crippen LogP contribution in [-0.4, -0.2) is 25.8 Å². The van der Waals surface area contributed by atoms with Crippen molar-refractivity contribution in [3.05, 3.63) is 71.9 Å². The predicted molar refractivity (Wildman–Crippen MR) is 90.4 cm³/mol. The molecule has 120 valence electrons. The Kier molecular flexibility index (Phi) is 4.28. The highest BCUT2D eigenvalue weighted by Gasteiger charge is 2.18. The van der Waals surface area contributed by atoms with E-state index in [4.69, 9.17) is 16.9 Å². The summed E-state index contributed by atoms with van der Waals surface area (Å²) < 4.78 is 0. The average molecular weight is 321 g/mol. The second kappa shape index (κ2) is 6.53. The van der Waals surface area contributed by atoms with Crippen molar-refractivity contribution in [1.29, 1.82) is 0 Å². The summed E-state index contributed by atoms with van der Waals surface area (Å²) in [5.41, 5.74) is 15.5. The van der Waals surface area contributed by atoms with Crippen LogP contribution in [0.4, 0.5) is 5.69 Å². The van der Waals surface area contributed by atoms with Crippen LogP contribution in [0.5, 0.6) is 0 Å². The van der Waals surface area contributed by atoms with E-state index in [1.807, 2.05) is 12.1 Å². The molecule has 0 fully saturated rings. The first kappa shape index (κ1) is 15.7. The van der Waals surface area contributed by atoms with E-state index >= 15 is 0 Å². The molecule has 3 rings (SSSR count). The van der Waals surface area contributed by atoms with Gasteiger partial charge in [-0.05, 0) is 35.9 Å². The summed E-state index contributed by atoms with van der Waals surface area (Å²) in [6.45, 7) is 0. The maximum Gasteiger partial charge on any atom is 0.232 e. The molecule has 0 aliphatic heterocycles. The summed E-state index contributed by atoms with van der Waals surface area (Å²) in [7, 11) is 0. The number of nitrogens with zero attached hydrogens (tertiary/aromatic N) is 3. The third-order valence-corrected chi connectivity index (χ3v) is 3.58. The number of rotatable bonds is 4. The highest BCUT2D eigenvalue weighted by molar-refractivity contribution is 6.11. The molecule has 0 bridgehead atoms. The monoisotopic (exact) mass is 321 g/mol. The van der Waals surface area contributed by atoms with Crippen LogP contribution in [0.3, 0.4) is 0 Å². The van der Waals surface area contributed by atoms with E-state index in [2.05, 4.69) is 15.0 Å². The zero-order valence-electron chi connectivity index (χ0n) is 12.8. The predicted octanol–water partition coefficient (Wildman–Crippen LogP) is -0.333. The van der Waals surface area contributed by atoms with Crippen molar-refractivity contribution in [2.75, 3.05) is 5.73 Å². The topological polar surface area (TPSA) is 137 Å². The first-order chi connectivity index (χ1) is 11.6. The lowest BCUT2D eigenvalue weighted by Crippen LogP contribution is -2.42. The first-order valence-electron chi connectivity index (χ1n) is 7.25. The Hall–Kier alpha value is -3.16. The lowest BCUT2D eigenvalue weighted by molar-refractivity contribution is -0.111. The van der Waals surface area contributed by atoms with Gasteiger partial charge in [-0.1, -0.05) is 0 Å². The van der Waals surface area contributed by atoms with Gasteiger partial charge >= 0.3 is 0 Å². The molecule has 0 amide bonds. The van der Waals surface area contributed by atoms with Crippen LogP contribution in [0.2, 0.25) is 0 Å². The van der Waals surface area contributed by atoms with Crippen LogP contribution in [0.15, 0.2) is 55.1 Å². The molecule has 1 atom stereocenters. The Labute approximate surface area is 138 Å². The van der Waals surface area contributed by atoms with Gasteiger partial charge in [-0.25, -0.2) is 4.98 Å². The highest BCUT2D eigenvalue weighted by Crippen LogP contribution is 2.22. The zero-order chi connectivity index (χ0) is 17.1. The molecular weight excluding hydrogens is 304 g/mol. The van der Waals surface area contributed by atoms with Gasteiger partial charge in [0.1, 0.15) is 11.9 Å². The Morgan fingerprint density at radius 2 is 1.96 bits per heavy atom. The van der Waals surface area contributed by atoms with E-state index in [0.717, 1.165) is 5.56 Å². The van der Waals surface area contributed by atoms with E-state index in [0.29, 0.717) is 33.9 Å². The molecule has 7 nitrogen and oxygen atoms in total. The van der Waals surface area contributed by atoms with Gasteiger partial charge in [0, 0.05) is 24.2 Å². The van der Waals surface area contributed by atoms with Crippen LogP contribution >= 0.6 is 0 Å². The second-order valence-electron chi connectivity index (χ2n) is 5.23.